The van der Waals surface area contributed by atoms with Crippen LogP contribution in [0.1, 0.15) is 24.0 Å². The van der Waals surface area contributed by atoms with Crippen molar-refractivity contribution < 1.29 is 17.6 Å². The minimum absolute atomic E-state index is 0.0363. The van der Waals surface area contributed by atoms with Gasteiger partial charge in [-0.1, -0.05) is 41.0 Å². The van der Waals surface area contributed by atoms with Gasteiger partial charge in [0.15, 0.2) is 0 Å². The molecule has 0 unspecified atom stereocenters. The third-order valence-corrected chi connectivity index (χ3v) is 7.51. The highest BCUT2D eigenvalue weighted by molar-refractivity contribution is 7.89. The van der Waals surface area contributed by atoms with Crippen LogP contribution in [0.25, 0.3) is 11.5 Å². The Kier molecular flexibility index (Phi) is 5.88. The van der Waals surface area contributed by atoms with E-state index in [0.29, 0.717) is 23.6 Å². The maximum atomic E-state index is 13.0. The highest BCUT2D eigenvalue weighted by Crippen LogP contribution is 2.27. The van der Waals surface area contributed by atoms with Crippen LogP contribution in [-0.2, 0) is 14.8 Å². The molecule has 1 fully saturated rings. The number of carbonyl (C=O) groups is 1. The molecular weight excluding hydrogens is 416 g/mol. The molecule has 8 nitrogen and oxygen atoms in total. The molecule has 0 radical (unpaired) electrons. The van der Waals surface area contributed by atoms with Gasteiger partial charge in [-0.25, -0.2) is 8.42 Å². The lowest BCUT2D eigenvalue weighted by molar-refractivity contribution is -0.121. The van der Waals surface area contributed by atoms with Crippen LogP contribution in [0.3, 0.4) is 0 Å². The molecule has 1 aliphatic rings. The van der Waals surface area contributed by atoms with Crippen LogP contribution >= 0.6 is 0 Å². The third-order valence-electron chi connectivity index (χ3n) is 5.45. The van der Waals surface area contributed by atoms with Crippen LogP contribution in [0.2, 0.25) is 0 Å². The van der Waals surface area contributed by atoms with E-state index in [9.17, 15) is 13.2 Å². The molecule has 0 bridgehead atoms. The van der Waals surface area contributed by atoms with Gasteiger partial charge < -0.3 is 4.42 Å². The predicted octanol–water partition coefficient (Wildman–Crippen LogP) is 3.39. The molecule has 2 aromatic carbocycles. The Bertz CT molecular complexity index is 1180. The van der Waals surface area contributed by atoms with Gasteiger partial charge in [0.1, 0.15) is 0 Å². The fraction of sp³-hybridized carbons (Fsp3) is 0.318. The summed E-state index contributed by atoms with van der Waals surface area (Å²) in [5, 5.41) is 10.5. The standard InChI is InChI=1S/C22H24N4O4S/c1-15-8-9-19(16(2)14-15)31(28,29)26-12-10-17(11-13-26)20(27)23-22-25-24-21(30-22)18-6-4-3-5-7-18/h3-9,14,17H,10-13H2,1-2H3,(H,23,25,27). The largest absolute Gasteiger partial charge is 0.403 e. The Morgan fingerprint density at radius 3 is 2.45 bits per heavy atom. The van der Waals surface area contributed by atoms with Gasteiger partial charge in [-0.15, -0.1) is 5.10 Å². The molecule has 1 aliphatic heterocycles. The van der Waals surface area contributed by atoms with E-state index >= 15 is 0 Å². The van der Waals surface area contributed by atoms with E-state index in [1.54, 1.807) is 19.1 Å². The van der Waals surface area contributed by atoms with Crippen molar-refractivity contribution in [2.45, 2.75) is 31.6 Å². The van der Waals surface area contributed by atoms with E-state index < -0.39 is 10.0 Å². The molecule has 0 aliphatic carbocycles. The summed E-state index contributed by atoms with van der Waals surface area (Å²) in [7, 11) is -3.58. The van der Waals surface area contributed by atoms with Crippen molar-refractivity contribution in [2.75, 3.05) is 18.4 Å². The van der Waals surface area contributed by atoms with Crippen molar-refractivity contribution in [3.05, 3.63) is 59.7 Å². The normalized spacial score (nSPS) is 15.7. The molecule has 0 spiro atoms. The summed E-state index contributed by atoms with van der Waals surface area (Å²) in [6, 6.07) is 14.6. The van der Waals surface area contributed by atoms with E-state index in [1.165, 1.54) is 4.31 Å². The summed E-state index contributed by atoms with van der Waals surface area (Å²) in [6.07, 6.45) is 0.852. The fourth-order valence-electron chi connectivity index (χ4n) is 3.76. The molecule has 2 heterocycles. The molecule has 31 heavy (non-hydrogen) atoms. The molecule has 0 atom stereocenters. The minimum Gasteiger partial charge on any atom is -0.403 e. The van der Waals surface area contributed by atoms with E-state index in [1.807, 2.05) is 43.3 Å². The number of benzene rings is 2. The Morgan fingerprint density at radius 2 is 1.77 bits per heavy atom. The van der Waals surface area contributed by atoms with Gasteiger partial charge in [0.05, 0.1) is 4.90 Å². The quantitative estimate of drug-likeness (QED) is 0.652. The minimum atomic E-state index is -3.58. The molecular formula is C22H24N4O4S. The second-order valence-electron chi connectivity index (χ2n) is 7.71. The van der Waals surface area contributed by atoms with Crippen molar-refractivity contribution in [3.63, 3.8) is 0 Å². The number of nitrogens with zero attached hydrogens (tertiary/aromatic N) is 3. The number of amides is 1. The lowest BCUT2D eigenvalue weighted by Gasteiger charge is -2.30. The summed E-state index contributed by atoms with van der Waals surface area (Å²) in [5.41, 5.74) is 2.51. The SMILES string of the molecule is Cc1ccc(S(=O)(=O)N2CCC(C(=O)Nc3nnc(-c4ccccc4)o3)CC2)c(C)c1. The van der Waals surface area contributed by atoms with Crippen LogP contribution in [-0.4, -0.2) is 41.9 Å². The number of aryl methyl sites for hydroxylation is 2. The second-order valence-corrected chi connectivity index (χ2v) is 9.62. The van der Waals surface area contributed by atoms with Gasteiger partial charge in [-0.2, -0.15) is 4.31 Å². The monoisotopic (exact) mass is 440 g/mol. The molecule has 4 rings (SSSR count). The third kappa shape index (κ3) is 4.52. The number of anilines is 1. The van der Waals surface area contributed by atoms with Crippen LogP contribution in [0.5, 0.6) is 0 Å². The van der Waals surface area contributed by atoms with Gasteiger partial charge in [-0.3, -0.25) is 10.1 Å². The number of nitrogens with one attached hydrogen (secondary N) is 1. The Hall–Kier alpha value is -3.04. The van der Waals surface area contributed by atoms with E-state index in [4.69, 9.17) is 4.42 Å². The van der Waals surface area contributed by atoms with Gasteiger partial charge >= 0.3 is 6.01 Å². The topological polar surface area (TPSA) is 105 Å². The number of hydrogen-bond donors (Lipinski definition) is 1. The number of rotatable bonds is 5. The van der Waals surface area contributed by atoms with Crippen molar-refractivity contribution in [1.82, 2.24) is 14.5 Å². The van der Waals surface area contributed by atoms with Gasteiger partial charge in [0.25, 0.3) is 0 Å². The van der Waals surface area contributed by atoms with Crippen LogP contribution in [0.4, 0.5) is 6.01 Å². The van der Waals surface area contributed by atoms with Crippen molar-refractivity contribution in [2.24, 2.45) is 5.92 Å². The second kappa shape index (κ2) is 8.60. The highest BCUT2D eigenvalue weighted by Gasteiger charge is 2.33. The zero-order chi connectivity index (χ0) is 22.0. The summed E-state index contributed by atoms with van der Waals surface area (Å²) in [6.45, 7) is 4.30. The fourth-order valence-corrected chi connectivity index (χ4v) is 5.44. The number of aromatic nitrogens is 2. The van der Waals surface area contributed by atoms with E-state index in [2.05, 4.69) is 15.5 Å². The van der Waals surface area contributed by atoms with Crippen LogP contribution < -0.4 is 5.32 Å². The van der Waals surface area contributed by atoms with Crippen molar-refractivity contribution in [3.8, 4) is 11.5 Å². The average molecular weight is 441 g/mol. The maximum Gasteiger partial charge on any atom is 0.322 e. The number of sulfonamides is 1. The highest BCUT2D eigenvalue weighted by atomic mass is 32.2. The summed E-state index contributed by atoms with van der Waals surface area (Å²) in [5.74, 6) is -0.241. The number of piperidine rings is 1. The molecule has 1 saturated heterocycles. The molecule has 1 aromatic heterocycles. The van der Waals surface area contributed by atoms with Gasteiger partial charge in [0, 0.05) is 24.6 Å². The summed E-state index contributed by atoms with van der Waals surface area (Å²) >= 11 is 0. The molecule has 0 saturated carbocycles. The molecule has 9 heteroatoms. The zero-order valence-corrected chi connectivity index (χ0v) is 18.2. The molecule has 162 valence electrons. The maximum absolute atomic E-state index is 13.0. The van der Waals surface area contributed by atoms with Crippen LogP contribution in [0, 0.1) is 19.8 Å². The molecule has 1 amide bonds. The van der Waals surface area contributed by atoms with E-state index in [0.717, 1.165) is 16.7 Å². The van der Waals surface area contributed by atoms with Crippen molar-refractivity contribution >= 4 is 21.9 Å². The Labute approximate surface area is 181 Å². The van der Waals surface area contributed by atoms with Gasteiger partial charge in [0.2, 0.25) is 21.8 Å². The van der Waals surface area contributed by atoms with E-state index in [-0.39, 0.29) is 30.9 Å². The molecule has 3 aromatic rings. The average Bonchev–Trinajstić information content (AvgIpc) is 3.22. The number of hydrogen-bond acceptors (Lipinski definition) is 6. The first kappa shape index (κ1) is 21.2. The number of carbonyl (C=O) groups excluding carboxylic acids is 1. The predicted molar refractivity (Wildman–Crippen MR) is 116 cm³/mol. The van der Waals surface area contributed by atoms with Crippen molar-refractivity contribution in [1.29, 1.82) is 0 Å². The lowest BCUT2D eigenvalue weighted by atomic mass is 9.97. The zero-order valence-electron chi connectivity index (χ0n) is 17.4. The first-order valence-electron chi connectivity index (χ1n) is 10.1. The van der Waals surface area contributed by atoms with Gasteiger partial charge in [-0.05, 0) is 50.5 Å². The summed E-state index contributed by atoms with van der Waals surface area (Å²) in [4.78, 5) is 12.9. The molecule has 1 N–H and O–H groups in total. The Morgan fingerprint density at radius 1 is 1.06 bits per heavy atom. The Balaban J connectivity index is 1.37. The first-order valence-corrected chi connectivity index (χ1v) is 11.6. The smallest absolute Gasteiger partial charge is 0.322 e. The summed E-state index contributed by atoms with van der Waals surface area (Å²) < 4.78 is 33.0. The first-order chi connectivity index (χ1) is 14.8. The van der Waals surface area contributed by atoms with Crippen LogP contribution in [0.15, 0.2) is 57.8 Å². The lowest BCUT2D eigenvalue weighted by Crippen LogP contribution is -2.41.